The fourth-order valence-corrected chi connectivity index (χ4v) is 5.95. The first kappa shape index (κ1) is 33.3. The molecule has 2 aromatic heterocycles. The Labute approximate surface area is 287 Å². The lowest BCUT2D eigenvalue weighted by Gasteiger charge is -2.14. The Kier molecular flexibility index (Phi) is 9.75. The van der Waals surface area contributed by atoms with E-state index in [1.807, 2.05) is 12.4 Å². The van der Waals surface area contributed by atoms with Gasteiger partial charge in [-0.3, -0.25) is 9.59 Å². The maximum Gasteiger partial charge on any atom is 0.244 e. The van der Waals surface area contributed by atoms with Crippen LogP contribution in [-0.4, -0.2) is 62.4 Å². The van der Waals surface area contributed by atoms with Gasteiger partial charge in [-0.05, 0) is 95.8 Å². The average molecular weight is 673 g/mol. The number of phenolic OH excluding ortho intramolecular Hbond substituents is 4. The highest BCUT2D eigenvalue weighted by Crippen LogP contribution is 2.46. The molecule has 0 saturated heterocycles. The summed E-state index contributed by atoms with van der Waals surface area (Å²) in [7, 11) is 1.45. The Bertz CT molecular complexity index is 2250. The molecular weight excluding hydrogens is 636 g/mol. The first-order valence-corrected chi connectivity index (χ1v) is 15.9. The number of rotatable bonds is 12. The van der Waals surface area contributed by atoms with Gasteiger partial charge in [0, 0.05) is 70.6 Å². The Balaban J connectivity index is 1.20. The van der Waals surface area contributed by atoms with E-state index in [0.717, 1.165) is 33.1 Å². The number of hydrogen-bond donors (Lipinski definition) is 8. The molecule has 0 aliphatic heterocycles. The second-order valence-corrected chi connectivity index (χ2v) is 11.7. The number of H-pyrrole nitrogens is 2. The van der Waals surface area contributed by atoms with Crippen LogP contribution in [0.3, 0.4) is 0 Å². The fourth-order valence-electron chi connectivity index (χ4n) is 5.95. The lowest BCUT2D eigenvalue weighted by Crippen LogP contribution is -2.23. The van der Waals surface area contributed by atoms with Crippen LogP contribution in [0.2, 0.25) is 0 Å². The normalized spacial score (nSPS) is 11.5. The minimum atomic E-state index is -0.303. The van der Waals surface area contributed by atoms with Crippen LogP contribution in [-0.2, 0) is 22.4 Å². The molecule has 8 N–H and O–H groups in total. The first-order chi connectivity index (χ1) is 24.2. The molecule has 0 fully saturated rings. The number of ether oxygens (including phenoxy) is 1. The second kappa shape index (κ2) is 14.7. The summed E-state index contributed by atoms with van der Waals surface area (Å²) < 4.78 is 5.12. The summed E-state index contributed by atoms with van der Waals surface area (Å²) in [5.74, 6) is -0.144. The third-order valence-electron chi connectivity index (χ3n) is 8.40. The molecule has 0 bridgehead atoms. The van der Waals surface area contributed by atoms with Crippen molar-refractivity contribution >= 4 is 45.8 Å². The summed E-state index contributed by atoms with van der Waals surface area (Å²) in [5, 5.41) is 49.0. The van der Waals surface area contributed by atoms with Gasteiger partial charge in [-0.1, -0.05) is 18.2 Å². The summed E-state index contributed by atoms with van der Waals surface area (Å²) in [6.45, 7) is 0.622. The van der Waals surface area contributed by atoms with Gasteiger partial charge in [-0.25, -0.2) is 0 Å². The van der Waals surface area contributed by atoms with Crippen LogP contribution in [0.5, 0.6) is 28.7 Å². The molecule has 0 aliphatic carbocycles. The molecule has 50 heavy (non-hydrogen) atoms. The van der Waals surface area contributed by atoms with E-state index >= 15 is 0 Å². The quantitative estimate of drug-likeness (QED) is 0.0747. The van der Waals surface area contributed by atoms with Gasteiger partial charge >= 0.3 is 0 Å². The van der Waals surface area contributed by atoms with E-state index in [-0.39, 0.29) is 34.8 Å². The minimum absolute atomic E-state index is 0.0101. The van der Waals surface area contributed by atoms with E-state index < -0.39 is 0 Å². The SMILES string of the molecule is COc1cc(/C=C/C(=O)NCCc2c[nH]c3ccc(O)c(-c4c(O)ccc5[nH]cc(CCNC(=O)/C=C/c6ccc(O)cc6)c45)c23)ccc1O. The molecule has 4 aromatic carbocycles. The third-order valence-corrected chi connectivity index (χ3v) is 8.40. The van der Waals surface area contributed by atoms with Gasteiger partial charge in [0.05, 0.1) is 7.11 Å². The second-order valence-electron chi connectivity index (χ2n) is 11.7. The maximum atomic E-state index is 12.6. The van der Waals surface area contributed by atoms with Crippen LogP contribution < -0.4 is 15.4 Å². The molecule has 0 saturated carbocycles. The van der Waals surface area contributed by atoms with Gasteiger partial charge in [0.1, 0.15) is 17.2 Å². The van der Waals surface area contributed by atoms with Crippen molar-refractivity contribution in [1.82, 2.24) is 20.6 Å². The number of aromatic nitrogens is 2. The highest BCUT2D eigenvalue weighted by atomic mass is 16.5. The number of carbonyl (C=O) groups is 2. The Morgan fingerprint density at radius 2 is 1.14 bits per heavy atom. The molecule has 6 aromatic rings. The van der Waals surface area contributed by atoms with Crippen LogP contribution in [0.1, 0.15) is 22.3 Å². The van der Waals surface area contributed by atoms with Crippen LogP contribution in [0, 0.1) is 0 Å². The van der Waals surface area contributed by atoms with Crippen molar-refractivity contribution in [3.05, 3.63) is 114 Å². The fraction of sp³-hybridized carbons (Fsp3) is 0.128. The summed E-state index contributed by atoms with van der Waals surface area (Å²) >= 11 is 0. The van der Waals surface area contributed by atoms with Crippen LogP contribution in [0.4, 0.5) is 0 Å². The number of aromatic hydroxyl groups is 4. The van der Waals surface area contributed by atoms with Gasteiger partial charge in [-0.15, -0.1) is 0 Å². The van der Waals surface area contributed by atoms with Crippen LogP contribution in [0.15, 0.2) is 91.3 Å². The summed E-state index contributed by atoms with van der Waals surface area (Å²) in [6.07, 6.45) is 10.7. The van der Waals surface area contributed by atoms with Gasteiger partial charge in [0.15, 0.2) is 11.5 Å². The van der Waals surface area contributed by atoms with Gasteiger partial charge in [-0.2, -0.15) is 0 Å². The van der Waals surface area contributed by atoms with Crippen molar-refractivity contribution in [2.75, 3.05) is 20.2 Å². The van der Waals surface area contributed by atoms with Crippen molar-refractivity contribution in [3.63, 3.8) is 0 Å². The van der Waals surface area contributed by atoms with E-state index in [9.17, 15) is 30.0 Å². The topological polar surface area (TPSA) is 180 Å². The number of nitrogens with one attached hydrogen (secondary N) is 4. The minimum Gasteiger partial charge on any atom is -0.508 e. The lowest BCUT2D eigenvalue weighted by molar-refractivity contribution is -0.117. The predicted octanol–water partition coefficient (Wildman–Crippen LogP) is 5.89. The summed E-state index contributed by atoms with van der Waals surface area (Å²) in [5.41, 5.74) is 5.56. The highest BCUT2D eigenvalue weighted by molar-refractivity contribution is 6.10. The van der Waals surface area contributed by atoms with Crippen LogP contribution >= 0.6 is 0 Å². The monoisotopic (exact) mass is 672 g/mol. The molecule has 0 unspecified atom stereocenters. The van der Waals surface area contributed by atoms with Crippen LogP contribution in [0.25, 0.3) is 45.1 Å². The maximum absolute atomic E-state index is 12.6. The molecule has 11 heteroatoms. The Hall–Kier alpha value is -6.62. The van der Waals surface area contributed by atoms with E-state index in [4.69, 9.17) is 4.74 Å². The number of benzene rings is 4. The average Bonchev–Trinajstić information content (AvgIpc) is 3.72. The van der Waals surface area contributed by atoms with Gasteiger partial charge in [0.25, 0.3) is 0 Å². The third kappa shape index (κ3) is 7.26. The molecular formula is C39H36N4O7. The molecule has 0 aliphatic rings. The standard InChI is InChI=1S/C39H36N4O7/c1-50-33-20-24(4-11-30(33)45)6-15-35(49)41-19-17-26-22-43-29-10-13-32(47)39(37(26)29)38-31(46)12-9-28-36(38)25(21-42-28)16-18-40-34(48)14-5-23-2-7-27(44)8-3-23/h2-15,20-22,42-47H,16-19H2,1H3,(H,40,48)(H,41,49)/b14-5+,15-6+. The highest BCUT2D eigenvalue weighted by Gasteiger charge is 2.22. The largest absolute Gasteiger partial charge is 0.508 e. The zero-order valence-corrected chi connectivity index (χ0v) is 27.2. The molecule has 0 atom stereocenters. The predicted molar refractivity (Wildman–Crippen MR) is 193 cm³/mol. The Morgan fingerprint density at radius 1 is 0.660 bits per heavy atom. The molecule has 2 heterocycles. The number of fused-ring (bicyclic) bond motifs is 2. The molecule has 0 radical (unpaired) electrons. The lowest BCUT2D eigenvalue weighted by atomic mass is 9.92. The van der Waals surface area contributed by atoms with E-state index in [1.54, 1.807) is 72.8 Å². The number of carbonyl (C=O) groups excluding carboxylic acids is 2. The zero-order chi connectivity index (χ0) is 35.2. The van der Waals surface area contributed by atoms with Crippen molar-refractivity contribution < 1.29 is 34.8 Å². The molecule has 254 valence electrons. The molecule has 6 rings (SSSR count). The molecule has 11 nitrogen and oxygen atoms in total. The van der Waals surface area contributed by atoms with Crippen molar-refractivity contribution in [2.24, 2.45) is 0 Å². The van der Waals surface area contributed by atoms with Crippen molar-refractivity contribution in [2.45, 2.75) is 12.8 Å². The Morgan fingerprint density at radius 3 is 1.66 bits per heavy atom. The summed E-state index contributed by atoms with van der Waals surface area (Å²) in [6, 6.07) is 18.0. The molecule has 0 spiro atoms. The number of methoxy groups -OCH3 is 1. The van der Waals surface area contributed by atoms with Crippen molar-refractivity contribution in [3.8, 4) is 39.9 Å². The first-order valence-electron chi connectivity index (χ1n) is 15.9. The van der Waals surface area contributed by atoms with E-state index in [0.29, 0.717) is 53.8 Å². The van der Waals surface area contributed by atoms with Gasteiger partial charge < -0.3 is 45.8 Å². The number of hydrogen-bond acceptors (Lipinski definition) is 7. The molecule has 2 amide bonds. The van der Waals surface area contributed by atoms with Gasteiger partial charge in [0.2, 0.25) is 11.8 Å². The zero-order valence-electron chi connectivity index (χ0n) is 27.2. The van der Waals surface area contributed by atoms with E-state index in [2.05, 4.69) is 20.6 Å². The smallest absolute Gasteiger partial charge is 0.244 e. The van der Waals surface area contributed by atoms with E-state index in [1.165, 1.54) is 25.3 Å². The number of amides is 2. The number of aromatic amines is 2. The van der Waals surface area contributed by atoms with Crippen molar-refractivity contribution in [1.29, 1.82) is 0 Å². The number of phenols is 4. The summed E-state index contributed by atoms with van der Waals surface area (Å²) in [4.78, 5) is 31.6.